The van der Waals surface area contributed by atoms with Crippen molar-refractivity contribution in [3.63, 3.8) is 0 Å². The predicted molar refractivity (Wildman–Crippen MR) is 143 cm³/mol. The van der Waals surface area contributed by atoms with E-state index in [4.69, 9.17) is 16.2 Å². The predicted octanol–water partition coefficient (Wildman–Crippen LogP) is 3.15. The highest BCUT2D eigenvalue weighted by atomic mass is 35.5. The summed E-state index contributed by atoms with van der Waals surface area (Å²) < 4.78 is 62.7. The van der Waals surface area contributed by atoms with Gasteiger partial charge in [-0.25, -0.2) is 32.5 Å². The quantitative estimate of drug-likeness (QED) is 0.280. The highest BCUT2D eigenvalue weighted by molar-refractivity contribution is 5.85. The number of nitrogens with zero attached hydrogens (tertiary/aromatic N) is 6. The number of imidazole rings is 1. The molecule has 1 fully saturated rings. The maximum atomic E-state index is 14.9. The van der Waals surface area contributed by atoms with Gasteiger partial charge in [0.15, 0.2) is 23.0 Å². The van der Waals surface area contributed by atoms with E-state index in [1.54, 1.807) is 15.5 Å². The minimum absolute atomic E-state index is 0. The zero-order chi connectivity index (χ0) is 27.9. The summed E-state index contributed by atoms with van der Waals surface area (Å²) in [6.07, 6.45) is -0.128. The summed E-state index contributed by atoms with van der Waals surface area (Å²) in [5.41, 5.74) is 12.6. The summed E-state index contributed by atoms with van der Waals surface area (Å²) in [5.74, 6) is -1.57. The molecule has 4 heterocycles. The molecule has 214 valence electrons. The fraction of sp³-hybridized carbons (Fsp3) is 0.360. The largest absolute Gasteiger partial charge is 0.494 e. The van der Waals surface area contributed by atoms with Gasteiger partial charge in [0.2, 0.25) is 0 Å². The van der Waals surface area contributed by atoms with Gasteiger partial charge >= 0.3 is 0 Å². The molecule has 1 saturated heterocycles. The van der Waals surface area contributed by atoms with Crippen molar-refractivity contribution < 1.29 is 27.4 Å². The number of piperidine rings is 1. The number of alkyl halides is 2. The number of halogens is 5. The zero-order valence-electron chi connectivity index (χ0n) is 21.3. The third-order valence-electron chi connectivity index (χ3n) is 6.98. The van der Waals surface area contributed by atoms with Crippen molar-refractivity contribution in [3.05, 3.63) is 54.2 Å². The summed E-state index contributed by atoms with van der Waals surface area (Å²) in [6, 6.07) is 3.50. The number of nitrogens with two attached hydrogens (primary N) is 2. The van der Waals surface area contributed by atoms with E-state index in [0.29, 0.717) is 35.4 Å². The van der Waals surface area contributed by atoms with Crippen LogP contribution in [0.4, 0.5) is 29.1 Å². The van der Waals surface area contributed by atoms with Gasteiger partial charge in [-0.1, -0.05) is 0 Å². The third-order valence-corrected chi connectivity index (χ3v) is 6.98. The molecule has 0 aliphatic carbocycles. The van der Waals surface area contributed by atoms with Crippen LogP contribution in [-0.2, 0) is 6.54 Å². The summed E-state index contributed by atoms with van der Waals surface area (Å²) in [6.45, 7) is 0.523. The number of benzene rings is 1. The average Bonchev–Trinajstić information content (AvgIpc) is 3.33. The van der Waals surface area contributed by atoms with Crippen molar-refractivity contribution in [3.8, 4) is 17.0 Å². The van der Waals surface area contributed by atoms with E-state index in [9.17, 15) is 22.7 Å². The Bertz CT molecular complexity index is 1520. The van der Waals surface area contributed by atoms with E-state index in [1.165, 1.54) is 26.0 Å². The molecule has 40 heavy (non-hydrogen) atoms. The van der Waals surface area contributed by atoms with Gasteiger partial charge in [-0.05, 0) is 30.5 Å². The van der Waals surface area contributed by atoms with Gasteiger partial charge in [-0.15, -0.1) is 12.4 Å². The SMILES string of the molecule is COc1cc(F)c(-c2cc(Cn3cnc4c(N)ncnc43)c(N3CCC[C@](N)([C@H](O)C(F)F)C3)cn2)cc1F.Cl. The second kappa shape index (κ2) is 11.4. The van der Waals surface area contributed by atoms with E-state index in [1.807, 2.05) is 0 Å². The van der Waals surface area contributed by atoms with Crippen LogP contribution >= 0.6 is 12.4 Å². The molecule has 5 N–H and O–H groups in total. The van der Waals surface area contributed by atoms with Crippen LogP contribution in [0.3, 0.4) is 0 Å². The molecule has 0 amide bonds. The number of ether oxygens (including phenoxy) is 1. The van der Waals surface area contributed by atoms with Gasteiger partial charge in [0, 0.05) is 24.7 Å². The van der Waals surface area contributed by atoms with Crippen molar-refractivity contribution in [2.75, 3.05) is 30.8 Å². The standard InChI is InChI=1S/C25H26F4N8O2.ClH/c1-39-19-7-15(26)14(6-16(19)27)17-5-13(9-37-12-35-20-23(30)33-11-34-24(20)37)18(8-32-17)36-4-2-3-25(31,10-36)21(38)22(28)29;/h5-8,11-12,21-22,38H,2-4,9-10,31H2,1H3,(H2,30,33,34);1H/t21-,25-;/m1./s1. The Morgan fingerprint density at radius 3 is 2.62 bits per heavy atom. The normalized spacial score (nSPS) is 18.1. The maximum absolute atomic E-state index is 14.9. The number of fused-ring (bicyclic) bond motifs is 1. The van der Waals surface area contributed by atoms with Crippen molar-refractivity contribution in [2.24, 2.45) is 5.73 Å². The lowest BCUT2D eigenvalue weighted by molar-refractivity contribution is -0.0529. The van der Waals surface area contributed by atoms with Crippen molar-refractivity contribution in [2.45, 2.75) is 37.5 Å². The molecule has 0 radical (unpaired) electrons. The first kappa shape index (κ1) is 29.2. The number of aliphatic hydroxyl groups is 1. The minimum Gasteiger partial charge on any atom is -0.494 e. The summed E-state index contributed by atoms with van der Waals surface area (Å²) in [7, 11) is 1.23. The Balaban J connectivity index is 0.00000370. The molecule has 1 aliphatic rings. The van der Waals surface area contributed by atoms with Crippen LogP contribution in [-0.4, -0.2) is 67.9 Å². The molecule has 10 nitrogen and oxygen atoms in total. The number of aliphatic hydroxyl groups excluding tert-OH is 1. The molecule has 4 aromatic rings. The molecule has 15 heteroatoms. The fourth-order valence-electron chi connectivity index (χ4n) is 4.94. The molecule has 0 bridgehead atoms. The first-order valence-corrected chi connectivity index (χ1v) is 12.0. The first-order valence-electron chi connectivity index (χ1n) is 12.0. The molecule has 1 aliphatic heterocycles. The smallest absolute Gasteiger partial charge is 0.265 e. The second-order valence-corrected chi connectivity index (χ2v) is 9.51. The Morgan fingerprint density at radius 1 is 1.12 bits per heavy atom. The van der Waals surface area contributed by atoms with Crippen LogP contribution in [0.25, 0.3) is 22.4 Å². The van der Waals surface area contributed by atoms with Crippen LogP contribution < -0.4 is 21.1 Å². The Labute approximate surface area is 232 Å². The van der Waals surface area contributed by atoms with Crippen LogP contribution in [0.2, 0.25) is 0 Å². The van der Waals surface area contributed by atoms with Gasteiger partial charge in [0.25, 0.3) is 6.43 Å². The van der Waals surface area contributed by atoms with Crippen molar-refractivity contribution in [1.82, 2.24) is 24.5 Å². The second-order valence-electron chi connectivity index (χ2n) is 9.51. The summed E-state index contributed by atoms with van der Waals surface area (Å²) in [5, 5.41) is 10.1. The van der Waals surface area contributed by atoms with Gasteiger partial charge in [-0.2, -0.15) is 0 Å². The van der Waals surface area contributed by atoms with Gasteiger partial charge in [0.05, 0.1) is 43.1 Å². The van der Waals surface area contributed by atoms with E-state index in [0.717, 1.165) is 12.1 Å². The molecule has 2 atom stereocenters. The van der Waals surface area contributed by atoms with Crippen LogP contribution in [0.15, 0.2) is 37.1 Å². The third kappa shape index (κ3) is 5.33. The molecule has 5 rings (SSSR count). The monoisotopic (exact) mass is 582 g/mol. The topological polar surface area (TPSA) is 141 Å². The number of aromatic nitrogens is 5. The average molecular weight is 583 g/mol. The van der Waals surface area contributed by atoms with Crippen LogP contribution in [0.5, 0.6) is 5.75 Å². The van der Waals surface area contributed by atoms with Gasteiger partial charge < -0.3 is 30.8 Å². The number of methoxy groups -OCH3 is 1. The van der Waals surface area contributed by atoms with E-state index in [2.05, 4.69) is 19.9 Å². The number of nitrogen functional groups attached to an aromatic ring is 1. The van der Waals surface area contributed by atoms with Gasteiger partial charge in [-0.3, -0.25) is 4.98 Å². The lowest BCUT2D eigenvalue weighted by Crippen LogP contribution is -2.63. The molecule has 3 aromatic heterocycles. The Morgan fingerprint density at radius 2 is 1.90 bits per heavy atom. The molecule has 0 saturated carbocycles. The van der Waals surface area contributed by atoms with E-state index in [-0.39, 0.29) is 54.7 Å². The van der Waals surface area contributed by atoms with Crippen LogP contribution in [0.1, 0.15) is 18.4 Å². The minimum atomic E-state index is -3.01. The van der Waals surface area contributed by atoms with Gasteiger partial charge in [0.1, 0.15) is 23.8 Å². The van der Waals surface area contributed by atoms with E-state index >= 15 is 0 Å². The molecule has 0 unspecified atom stereocenters. The number of anilines is 2. The Hall–Kier alpha value is -3.75. The lowest BCUT2D eigenvalue weighted by atomic mass is 9.84. The molecular weight excluding hydrogens is 556 g/mol. The summed E-state index contributed by atoms with van der Waals surface area (Å²) in [4.78, 5) is 18.6. The van der Waals surface area contributed by atoms with Crippen molar-refractivity contribution >= 4 is 35.1 Å². The number of hydrogen-bond donors (Lipinski definition) is 3. The first-order chi connectivity index (χ1) is 18.6. The van der Waals surface area contributed by atoms with E-state index < -0.39 is 29.7 Å². The maximum Gasteiger partial charge on any atom is 0.265 e. The number of pyridine rings is 1. The fourth-order valence-corrected chi connectivity index (χ4v) is 4.94. The zero-order valence-corrected chi connectivity index (χ0v) is 22.1. The van der Waals surface area contributed by atoms with Crippen LogP contribution in [0, 0.1) is 11.6 Å². The summed E-state index contributed by atoms with van der Waals surface area (Å²) >= 11 is 0. The molecular formula is C25H27ClF4N8O2. The Kier molecular flexibility index (Phi) is 8.33. The number of hydrogen-bond acceptors (Lipinski definition) is 9. The lowest BCUT2D eigenvalue weighted by Gasteiger charge is -2.44. The molecule has 0 spiro atoms. The molecule has 1 aromatic carbocycles. The number of rotatable bonds is 7. The highest BCUT2D eigenvalue weighted by Gasteiger charge is 2.43. The van der Waals surface area contributed by atoms with Crippen molar-refractivity contribution in [1.29, 1.82) is 0 Å². The highest BCUT2D eigenvalue weighted by Crippen LogP contribution is 2.34.